The second kappa shape index (κ2) is 29.4. The van der Waals surface area contributed by atoms with Crippen LogP contribution in [0.4, 0.5) is 0 Å². The average molecular weight is 1360 g/mol. The van der Waals surface area contributed by atoms with Crippen molar-refractivity contribution in [1.29, 1.82) is 0 Å². The van der Waals surface area contributed by atoms with Crippen LogP contribution in [0.5, 0.6) is 0 Å². The molecule has 40 atom stereocenters. The van der Waals surface area contributed by atoms with Gasteiger partial charge in [0.25, 0.3) is 0 Å². The van der Waals surface area contributed by atoms with Crippen molar-refractivity contribution in [2.75, 3.05) is 39.6 Å². The summed E-state index contributed by atoms with van der Waals surface area (Å²) in [6, 6.07) is 0. The minimum atomic E-state index is -2.03. The first kappa shape index (κ1) is 73.7. The third kappa shape index (κ3) is 13.6. The quantitative estimate of drug-likeness (QED) is 0.0504. The van der Waals surface area contributed by atoms with E-state index < -0.39 is 223 Å². The molecule has 0 aromatic rings. The van der Waals surface area contributed by atoms with E-state index in [1.54, 1.807) is 0 Å². The van der Waals surface area contributed by atoms with Crippen LogP contribution in [0.25, 0.3) is 0 Å². The van der Waals surface area contributed by atoms with Crippen LogP contribution in [-0.4, -0.2) is 333 Å². The smallest absolute Gasteiger partial charge is 0.187 e. The highest BCUT2D eigenvalue weighted by Gasteiger charge is 2.68. The van der Waals surface area contributed by atoms with E-state index in [-0.39, 0.29) is 53.1 Å². The van der Waals surface area contributed by atoms with E-state index in [0.29, 0.717) is 38.0 Å². The molecule has 0 aromatic carbocycles. The number of fused-ring (bicyclic) bond motifs is 7. The molecule has 7 saturated heterocycles. The van der Waals surface area contributed by atoms with Crippen molar-refractivity contribution in [3.63, 3.8) is 0 Å². The Hall–Kier alpha value is -1.54. The summed E-state index contributed by atoms with van der Waals surface area (Å²) in [6.07, 6.45) is -41.3. The average Bonchev–Trinajstić information content (AvgIpc) is 1.60. The molecule has 3 unspecified atom stereocenters. The van der Waals surface area contributed by atoms with Gasteiger partial charge in [0.2, 0.25) is 0 Å². The molecule has 0 spiro atoms. The molecule has 0 bridgehead atoms. The highest BCUT2D eigenvalue weighted by Crippen LogP contribution is 2.70. The summed E-state index contributed by atoms with van der Waals surface area (Å²) in [5.41, 5.74) is 0.761. The lowest BCUT2D eigenvalue weighted by Gasteiger charge is -2.58. The summed E-state index contributed by atoms with van der Waals surface area (Å²) in [7, 11) is 0. The van der Waals surface area contributed by atoms with Gasteiger partial charge in [0, 0.05) is 12.3 Å². The van der Waals surface area contributed by atoms with Crippen LogP contribution < -0.4 is 0 Å². The predicted molar refractivity (Wildman–Crippen MR) is 309 cm³/mol. The lowest BCUT2D eigenvalue weighted by atomic mass is 9.47. The van der Waals surface area contributed by atoms with Crippen molar-refractivity contribution in [2.45, 2.75) is 289 Å². The van der Waals surface area contributed by atoms with Crippen LogP contribution in [0.15, 0.2) is 11.6 Å². The molecule has 32 heteroatoms. The number of hydrogen-bond acceptors (Lipinski definition) is 32. The van der Waals surface area contributed by atoms with Gasteiger partial charge in [0.05, 0.1) is 58.0 Å². The molecule has 542 valence electrons. The van der Waals surface area contributed by atoms with E-state index in [0.717, 1.165) is 31.3 Å². The molecule has 3 saturated carbocycles. The van der Waals surface area contributed by atoms with Gasteiger partial charge in [0.1, 0.15) is 134 Å². The van der Waals surface area contributed by atoms with E-state index in [1.165, 1.54) is 6.92 Å². The largest absolute Gasteiger partial charge is 0.394 e. The Morgan fingerprint density at radius 3 is 1.74 bits per heavy atom. The number of hydrogen-bond donors (Lipinski definition) is 19. The van der Waals surface area contributed by atoms with Gasteiger partial charge in [-0.15, -0.1) is 0 Å². The van der Waals surface area contributed by atoms with E-state index in [2.05, 4.69) is 26.8 Å². The third-order valence-electron chi connectivity index (χ3n) is 23.3. The van der Waals surface area contributed by atoms with Gasteiger partial charge in [0.15, 0.2) is 43.5 Å². The van der Waals surface area contributed by atoms with Crippen molar-refractivity contribution in [3.05, 3.63) is 11.6 Å². The minimum absolute atomic E-state index is 0.0818. The highest BCUT2D eigenvalue weighted by molar-refractivity contribution is 5.26. The van der Waals surface area contributed by atoms with Crippen LogP contribution in [0.3, 0.4) is 0 Å². The Kier molecular flexibility index (Phi) is 23.1. The second-order valence-electron chi connectivity index (χ2n) is 29.0. The molecule has 11 rings (SSSR count). The summed E-state index contributed by atoms with van der Waals surface area (Å²) in [5.74, 6) is -0.764. The zero-order valence-electron chi connectivity index (χ0n) is 53.4. The van der Waals surface area contributed by atoms with Crippen LogP contribution in [0.1, 0.15) is 92.4 Å². The first-order chi connectivity index (χ1) is 44.5. The van der Waals surface area contributed by atoms with E-state index in [1.807, 2.05) is 6.92 Å². The third-order valence-corrected chi connectivity index (χ3v) is 23.3. The molecule has 4 aliphatic carbocycles. The summed E-state index contributed by atoms with van der Waals surface area (Å²) < 4.78 is 78.2. The van der Waals surface area contributed by atoms with Crippen LogP contribution in [-0.2, 0) is 61.6 Å². The minimum Gasteiger partial charge on any atom is -0.394 e. The van der Waals surface area contributed by atoms with Crippen molar-refractivity contribution in [2.24, 2.45) is 46.3 Å². The molecule has 0 amide bonds. The molecule has 7 aliphatic heterocycles. The number of aliphatic hydroxyl groups is 19. The van der Waals surface area contributed by atoms with Gasteiger partial charge < -0.3 is 159 Å². The van der Waals surface area contributed by atoms with E-state index >= 15 is 0 Å². The Bertz CT molecular complexity index is 2510. The molecule has 7 heterocycles. The molecule has 10 fully saturated rings. The van der Waals surface area contributed by atoms with Gasteiger partial charge in [-0.3, -0.25) is 0 Å². The molecular formula is C62H102O32. The zero-order chi connectivity index (χ0) is 67.9. The predicted octanol–water partition coefficient (Wildman–Crippen LogP) is -6.72. The molecule has 11 aliphatic rings. The molecule has 32 nitrogen and oxygen atoms in total. The zero-order valence-corrected chi connectivity index (χ0v) is 53.4. The molecule has 0 aromatic heterocycles. The van der Waals surface area contributed by atoms with Crippen molar-refractivity contribution in [1.82, 2.24) is 0 Å². The number of rotatable bonds is 20. The first-order valence-electron chi connectivity index (χ1n) is 33.4. The molecular weight excluding hydrogens is 1260 g/mol. The van der Waals surface area contributed by atoms with Crippen molar-refractivity contribution >= 4 is 0 Å². The van der Waals surface area contributed by atoms with Gasteiger partial charge in [-0.25, -0.2) is 0 Å². The SMILES string of the molecule is CC(CCC1(O)O[C@H]2C[C@H]3[C@@H]4CC=C5C[C@@H](O[C@@H]6O[C@H](CO)[C@@H](O[C@@H]7O[C@H](CO)[C@@H](O)[C@H](O[C@@H]8OC[C@H](O)[C@@H](O)[C@@H]8O)[C@H]7O)[C@H](O)[C@H]6O[C@@H]6O[C@H](C)[C@@H](OC7O[C@H](CO)[C@@H](O)[C@H](O)[C@H]7O)[C@H](O)[C@@H]6O)CC[C@]5(C)[C@H]4CC[C@]3(C)[C@H]2[C@@H]1C)CO[C@@H]1O[C@H](CO)[C@@H](O)[C@H](O)[C@H]1O. The van der Waals surface area contributed by atoms with Gasteiger partial charge in [-0.1, -0.05) is 39.3 Å². The fourth-order valence-electron chi connectivity index (χ4n) is 17.7. The number of allylic oxidation sites excluding steroid dienone is 1. The molecule has 0 radical (unpaired) electrons. The van der Waals surface area contributed by atoms with Gasteiger partial charge >= 0.3 is 0 Å². The van der Waals surface area contributed by atoms with Crippen LogP contribution in [0, 0.1) is 46.3 Å². The highest BCUT2D eigenvalue weighted by atomic mass is 16.8. The van der Waals surface area contributed by atoms with Gasteiger partial charge in [-0.2, -0.15) is 0 Å². The number of aliphatic hydroxyl groups excluding tert-OH is 18. The standard InChI is InChI=1S/C62H102O32/c1-22(20-82-54-45(76)41(72)38(69)32(16-63)86-54)8-13-62(81)23(2)36-31(94-62)15-29-27-7-6-25-14-26(9-11-60(25,4)28(27)10-12-61(29,36)5)85-59-53(93-56-47(78)43(74)50(24(3)84-56)90-57-46(77)42(73)39(70)33(17-64)87-57)48(79)51(35(19-66)89-59)91-58-49(80)52(40(71)34(18-65)88-58)92-55-44(75)37(68)30(67)21-83-55/h6,22-24,26-59,63-81H,7-21H2,1-5H3/t22?,23-,24+,26-,27+,28-,29-,30-,31-,32+,33+,34+,35+,36-,37+,38+,39+,40+,41-,42-,43+,44-,45+,46+,47-,48-,49+,50+,51+,52-,53+,54+,55-,56-,57?,58-,59+,60-,61-,62?/m0/s1. The second-order valence-corrected chi connectivity index (χ2v) is 29.0. The summed E-state index contributed by atoms with van der Waals surface area (Å²) in [4.78, 5) is 0. The Labute approximate surface area is 543 Å². The van der Waals surface area contributed by atoms with Crippen molar-refractivity contribution in [3.8, 4) is 0 Å². The summed E-state index contributed by atoms with van der Waals surface area (Å²) in [5, 5.41) is 205. The first-order valence-corrected chi connectivity index (χ1v) is 33.4. The van der Waals surface area contributed by atoms with E-state index in [4.69, 9.17) is 61.6 Å². The summed E-state index contributed by atoms with van der Waals surface area (Å²) in [6.45, 7) is 6.54. The molecule has 19 N–H and O–H groups in total. The van der Waals surface area contributed by atoms with Gasteiger partial charge in [-0.05, 0) is 98.7 Å². The lowest BCUT2D eigenvalue weighted by molar-refractivity contribution is -0.400. The topological polar surface area (TPSA) is 504 Å². The fraction of sp³-hybridized carbons (Fsp3) is 0.968. The molecule has 94 heavy (non-hydrogen) atoms. The normalized spacial score (nSPS) is 54.9. The summed E-state index contributed by atoms with van der Waals surface area (Å²) >= 11 is 0. The lowest BCUT2D eigenvalue weighted by Crippen LogP contribution is -2.68. The monoisotopic (exact) mass is 1360 g/mol. The Balaban J connectivity index is 0.774. The number of ether oxygens (including phenoxy) is 13. The maximum atomic E-state index is 12.6. The maximum absolute atomic E-state index is 12.6. The fourth-order valence-corrected chi connectivity index (χ4v) is 17.7. The Morgan fingerprint density at radius 2 is 1.09 bits per heavy atom. The maximum Gasteiger partial charge on any atom is 0.187 e. The van der Waals surface area contributed by atoms with Crippen LogP contribution in [0.2, 0.25) is 0 Å². The van der Waals surface area contributed by atoms with E-state index in [9.17, 15) is 97.0 Å². The Morgan fingerprint density at radius 1 is 0.532 bits per heavy atom. The van der Waals surface area contributed by atoms with Crippen LogP contribution >= 0.6 is 0 Å². The van der Waals surface area contributed by atoms with Crippen molar-refractivity contribution < 1.29 is 159 Å².